The van der Waals surface area contributed by atoms with E-state index in [4.69, 9.17) is 0 Å². The van der Waals surface area contributed by atoms with E-state index in [2.05, 4.69) is 17.1 Å². The molecule has 1 saturated carbocycles. The van der Waals surface area contributed by atoms with Gasteiger partial charge in [-0.1, -0.05) is 37.3 Å². The summed E-state index contributed by atoms with van der Waals surface area (Å²) in [5.74, 6) is 0.231. The van der Waals surface area contributed by atoms with Gasteiger partial charge in [0.15, 0.2) is 0 Å². The van der Waals surface area contributed by atoms with E-state index in [1.807, 2.05) is 58.3 Å². The van der Waals surface area contributed by atoms with Crippen LogP contribution in [-0.4, -0.2) is 66.8 Å². The van der Waals surface area contributed by atoms with E-state index < -0.39 is 0 Å². The average molecular weight is 503 g/mol. The number of likely N-dealkylation sites (tertiary alicyclic amines) is 1. The van der Waals surface area contributed by atoms with Gasteiger partial charge in [0.2, 0.25) is 11.8 Å². The van der Waals surface area contributed by atoms with Crippen LogP contribution in [0.1, 0.15) is 67.3 Å². The Morgan fingerprint density at radius 2 is 1.57 bits per heavy atom. The lowest BCUT2D eigenvalue weighted by atomic mass is 9.94. The summed E-state index contributed by atoms with van der Waals surface area (Å²) >= 11 is 0. The first-order valence-electron chi connectivity index (χ1n) is 13.9. The van der Waals surface area contributed by atoms with Gasteiger partial charge >= 0.3 is 0 Å². The molecule has 5 rings (SSSR count). The SMILES string of the molecule is CC[C@H](C(=O)N1CCN(c2ccc(NC(=O)C3CC3)cc2C(=O)N2CCCCC2)CC1)c1ccccc1. The van der Waals surface area contributed by atoms with Gasteiger partial charge in [-0.3, -0.25) is 14.4 Å². The molecule has 2 saturated heterocycles. The molecule has 2 aliphatic heterocycles. The number of hydrogen-bond acceptors (Lipinski definition) is 4. The Bertz CT molecular complexity index is 1120. The van der Waals surface area contributed by atoms with Crippen LogP contribution in [0.25, 0.3) is 0 Å². The molecule has 7 heteroatoms. The minimum Gasteiger partial charge on any atom is -0.367 e. The molecule has 1 aliphatic carbocycles. The van der Waals surface area contributed by atoms with Gasteiger partial charge in [-0.15, -0.1) is 0 Å². The number of anilines is 2. The molecule has 2 aromatic carbocycles. The topological polar surface area (TPSA) is 73.0 Å². The van der Waals surface area contributed by atoms with Crippen molar-refractivity contribution in [1.29, 1.82) is 0 Å². The van der Waals surface area contributed by atoms with Crippen LogP contribution in [0.3, 0.4) is 0 Å². The number of amides is 3. The second kappa shape index (κ2) is 11.4. The summed E-state index contributed by atoms with van der Waals surface area (Å²) in [6.07, 6.45) is 5.86. The van der Waals surface area contributed by atoms with Crippen LogP contribution < -0.4 is 10.2 Å². The molecule has 0 spiro atoms. The summed E-state index contributed by atoms with van der Waals surface area (Å²) in [6.45, 7) is 6.21. The maximum atomic E-state index is 13.6. The van der Waals surface area contributed by atoms with Crippen molar-refractivity contribution < 1.29 is 14.4 Å². The zero-order chi connectivity index (χ0) is 25.8. The molecule has 1 N–H and O–H groups in total. The summed E-state index contributed by atoms with van der Waals surface area (Å²) in [7, 11) is 0. The first-order chi connectivity index (χ1) is 18.0. The van der Waals surface area contributed by atoms with Crippen LogP contribution in [0.15, 0.2) is 48.5 Å². The zero-order valence-electron chi connectivity index (χ0n) is 21.8. The largest absolute Gasteiger partial charge is 0.367 e. The third kappa shape index (κ3) is 5.81. The van der Waals surface area contributed by atoms with Crippen molar-refractivity contribution in [3.05, 3.63) is 59.7 Å². The van der Waals surface area contributed by atoms with Crippen molar-refractivity contribution in [1.82, 2.24) is 9.80 Å². The van der Waals surface area contributed by atoms with Crippen molar-refractivity contribution in [2.45, 2.75) is 51.4 Å². The third-order valence-electron chi connectivity index (χ3n) is 7.93. The van der Waals surface area contributed by atoms with Crippen LogP contribution in [0.2, 0.25) is 0 Å². The number of piperazine rings is 1. The second-order valence-corrected chi connectivity index (χ2v) is 10.5. The van der Waals surface area contributed by atoms with Gasteiger partial charge in [0.1, 0.15) is 0 Å². The summed E-state index contributed by atoms with van der Waals surface area (Å²) < 4.78 is 0. The molecule has 3 amide bonds. The van der Waals surface area contributed by atoms with Crippen molar-refractivity contribution in [3.8, 4) is 0 Å². The van der Waals surface area contributed by atoms with E-state index in [0.29, 0.717) is 37.4 Å². The van der Waals surface area contributed by atoms with Gasteiger partial charge < -0.3 is 20.0 Å². The van der Waals surface area contributed by atoms with Gasteiger partial charge in [0.25, 0.3) is 5.91 Å². The van der Waals surface area contributed by atoms with Crippen molar-refractivity contribution in [2.75, 3.05) is 49.5 Å². The monoisotopic (exact) mass is 502 g/mol. The molecule has 0 radical (unpaired) electrons. The number of piperidine rings is 1. The number of nitrogens with zero attached hydrogens (tertiary/aromatic N) is 3. The molecule has 7 nitrogen and oxygen atoms in total. The van der Waals surface area contributed by atoms with Crippen LogP contribution in [0.5, 0.6) is 0 Å². The highest BCUT2D eigenvalue weighted by atomic mass is 16.2. The number of carbonyl (C=O) groups is 3. The molecular weight excluding hydrogens is 464 g/mol. The molecule has 2 aromatic rings. The van der Waals surface area contributed by atoms with Gasteiger partial charge in [0.05, 0.1) is 11.5 Å². The molecule has 3 fully saturated rings. The molecule has 3 aliphatic rings. The smallest absolute Gasteiger partial charge is 0.256 e. The van der Waals surface area contributed by atoms with Crippen LogP contribution in [0, 0.1) is 5.92 Å². The number of benzene rings is 2. The maximum absolute atomic E-state index is 13.6. The lowest BCUT2D eigenvalue weighted by Crippen LogP contribution is -2.50. The van der Waals surface area contributed by atoms with E-state index >= 15 is 0 Å². The maximum Gasteiger partial charge on any atom is 0.256 e. The summed E-state index contributed by atoms with van der Waals surface area (Å²) in [6, 6.07) is 15.7. The molecule has 196 valence electrons. The first kappa shape index (κ1) is 25.3. The van der Waals surface area contributed by atoms with Crippen LogP contribution in [0.4, 0.5) is 11.4 Å². The van der Waals surface area contributed by atoms with Gasteiger partial charge in [0, 0.05) is 56.6 Å². The van der Waals surface area contributed by atoms with Crippen LogP contribution >= 0.6 is 0 Å². The van der Waals surface area contributed by atoms with Gasteiger partial charge in [-0.25, -0.2) is 0 Å². The fourth-order valence-electron chi connectivity index (χ4n) is 5.54. The number of carbonyl (C=O) groups excluding carboxylic acids is 3. The predicted molar refractivity (Wildman–Crippen MR) is 146 cm³/mol. The first-order valence-corrected chi connectivity index (χ1v) is 13.9. The van der Waals surface area contributed by atoms with Crippen molar-refractivity contribution in [2.24, 2.45) is 5.92 Å². The molecule has 0 unspecified atom stereocenters. The van der Waals surface area contributed by atoms with E-state index in [9.17, 15) is 14.4 Å². The molecule has 37 heavy (non-hydrogen) atoms. The van der Waals surface area contributed by atoms with E-state index in [0.717, 1.165) is 62.9 Å². The predicted octanol–water partition coefficient (Wildman–Crippen LogP) is 4.50. The van der Waals surface area contributed by atoms with Crippen LogP contribution in [-0.2, 0) is 9.59 Å². The average Bonchev–Trinajstić information content (AvgIpc) is 3.80. The summed E-state index contributed by atoms with van der Waals surface area (Å²) in [4.78, 5) is 45.5. The van der Waals surface area contributed by atoms with E-state index in [1.165, 1.54) is 0 Å². The fraction of sp³-hybridized carbons (Fsp3) is 0.500. The number of hydrogen-bond donors (Lipinski definition) is 1. The highest BCUT2D eigenvalue weighted by Crippen LogP contribution is 2.32. The Labute approximate surface area is 219 Å². The highest BCUT2D eigenvalue weighted by molar-refractivity contribution is 6.02. The van der Waals surface area contributed by atoms with E-state index in [1.54, 1.807) is 0 Å². The molecule has 0 bridgehead atoms. The fourth-order valence-corrected chi connectivity index (χ4v) is 5.54. The standard InChI is InChI=1S/C30H38N4O3/c1-2-25(22-9-5-3-6-10-22)29(36)34-19-17-32(18-20-34)27-14-13-24(31-28(35)23-11-12-23)21-26(27)30(37)33-15-7-4-8-16-33/h3,5-6,9-10,13-14,21,23,25H,2,4,7-8,11-12,15-20H2,1H3,(H,31,35)/t25-/m0/s1. The zero-order valence-corrected chi connectivity index (χ0v) is 21.8. The normalized spacial score (nSPS) is 18.9. The Hall–Kier alpha value is -3.35. The Morgan fingerprint density at radius 3 is 2.22 bits per heavy atom. The number of nitrogens with one attached hydrogen (secondary N) is 1. The van der Waals surface area contributed by atoms with Gasteiger partial charge in [-0.2, -0.15) is 0 Å². The molecule has 2 heterocycles. The second-order valence-electron chi connectivity index (χ2n) is 10.5. The van der Waals surface area contributed by atoms with Gasteiger partial charge in [-0.05, 0) is 62.3 Å². The summed E-state index contributed by atoms with van der Waals surface area (Å²) in [5, 5.41) is 3.01. The lowest BCUT2D eigenvalue weighted by molar-refractivity contribution is -0.133. The molecule has 1 atom stereocenters. The Morgan fingerprint density at radius 1 is 0.865 bits per heavy atom. The lowest BCUT2D eigenvalue weighted by Gasteiger charge is -2.38. The van der Waals surface area contributed by atoms with E-state index in [-0.39, 0.29) is 29.6 Å². The molecular formula is C30H38N4O3. The Kier molecular flexibility index (Phi) is 7.77. The summed E-state index contributed by atoms with van der Waals surface area (Å²) in [5.41, 5.74) is 3.28. The quantitative estimate of drug-likeness (QED) is 0.605. The Balaban J connectivity index is 1.32. The molecule has 0 aromatic heterocycles. The number of rotatable bonds is 7. The minimum atomic E-state index is -0.127. The highest BCUT2D eigenvalue weighted by Gasteiger charge is 2.32. The van der Waals surface area contributed by atoms with Crippen molar-refractivity contribution >= 4 is 29.1 Å². The minimum absolute atomic E-state index is 0.0332. The van der Waals surface area contributed by atoms with Crippen molar-refractivity contribution in [3.63, 3.8) is 0 Å². The third-order valence-corrected chi connectivity index (χ3v) is 7.93.